The van der Waals surface area contributed by atoms with Crippen LogP contribution in [0.2, 0.25) is 5.02 Å². The van der Waals surface area contributed by atoms with Gasteiger partial charge in [-0.05, 0) is 61.8 Å². The third kappa shape index (κ3) is 7.05. The summed E-state index contributed by atoms with van der Waals surface area (Å²) in [5.41, 5.74) is 0. The van der Waals surface area contributed by atoms with Crippen molar-refractivity contribution in [3.8, 4) is 0 Å². The molecule has 2 saturated heterocycles. The lowest BCUT2D eigenvalue weighted by molar-refractivity contribution is -0.143. The molecule has 2 unspecified atom stereocenters. The zero-order valence-corrected chi connectivity index (χ0v) is 24.4. The van der Waals surface area contributed by atoms with E-state index in [1.807, 2.05) is 6.92 Å². The quantitative estimate of drug-likeness (QED) is 0.405. The number of thiophene rings is 1. The van der Waals surface area contributed by atoms with Crippen molar-refractivity contribution in [1.82, 2.24) is 19.2 Å². The lowest BCUT2D eigenvalue weighted by Crippen LogP contribution is -2.55. The molecule has 0 aliphatic carbocycles. The molecule has 0 bridgehead atoms. The lowest BCUT2D eigenvalue weighted by Gasteiger charge is -2.34. The Balaban J connectivity index is 1.37. The van der Waals surface area contributed by atoms with Crippen LogP contribution in [0.3, 0.4) is 0 Å². The number of hydrogen-bond donors (Lipinski definition) is 2. The molecule has 10 nitrogen and oxygen atoms in total. The number of halogens is 1. The first-order chi connectivity index (χ1) is 18.0. The van der Waals surface area contributed by atoms with E-state index < -0.39 is 32.0 Å². The van der Waals surface area contributed by atoms with Gasteiger partial charge < -0.3 is 9.80 Å². The van der Waals surface area contributed by atoms with Gasteiger partial charge in [0.15, 0.2) is 0 Å². The standard InChI is InChI=1S/C24H33ClN4O6S3/c1-2-3-12-37(32,33)26-15-19-6-4-11-29(19)22(30)16-28-10-5-7-20(24(28)31)27-38(34,35)23-14-17-13-18(25)8-9-21(17)36-23/h8-9,13-14,19-20,26-27H,2-7,10-12,15-16H2,1H3. The van der Waals surface area contributed by atoms with E-state index in [0.717, 1.165) is 28.9 Å². The summed E-state index contributed by atoms with van der Waals surface area (Å²) in [5.74, 6) is -0.647. The van der Waals surface area contributed by atoms with Gasteiger partial charge in [0.05, 0.1) is 12.3 Å². The Morgan fingerprint density at radius 3 is 2.66 bits per heavy atom. The summed E-state index contributed by atoms with van der Waals surface area (Å²) < 4.78 is 56.5. The summed E-state index contributed by atoms with van der Waals surface area (Å²) in [6.45, 7) is 2.75. The van der Waals surface area contributed by atoms with Gasteiger partial charge in [-0.3, -0.25) is 9.59 Å². The predicted molar refractivity (Wildman–Crippen MR) is 148 cm³/mol. The molecule has 0 spiro atoms. The minimum atomic E-state index is -3.95. The number of hydrogen-bond acceptors (Lipinski definition) is 7. The van der Waals surface area contributed by atoms with E-state index in [-0.39, 0.29) is 35.0 Å². The van der Waals surface area contributed by atoms with Crippen LogP contribution in [0.25, 0.3) is 10.1 Å². The molecule has 3 heterocycles. The number of unbranched alkanes of at least 4 members (excludes halogenated alkanes) is 1. The largest absolute Gasteiger partial charge is 0.337 e. The Morgan fingerprint density at radius 1 is 1.13 bits per heavy atom. The molecule has 2 fully saturated rings. The molecule has 210 valence electrons. The molecule has 1 aromatic heterocycles. The van der Waals surface area contributed by atoms with Crippen LogP contribution in [0.4, 0.5) is 0 Å². The van der Waals surface area contributed by atoms with Crippen molar-refractivity contribution in [2.45, 2.75) is 61.7 Å². The number of nitrogens with zero attached hydrogens (tertiary/aromatic N) is 2. The Bertz CT molecular complexity index is 1400. The number of piperidine rings is 1. The molecule has 4 rings (SSSR count). The van der Waals surface area contributed by atoms with Gasteiger partial charge in [-0.25, -0.2) is 21.6 Å². The number of nitrogens with one attached hydrogen (secondary N) is 2. The first-order valence-electron chi connectivity index (χ1n) is 12.8. The van der Waals surface area contributed by atoms with E-state index in [1.54, 1.807) is 23.1 Å². The fraction of sp³-hybridized carbons (Fsp3) is 0.583. The number of amides is 2. The maximum absolute atomic E-state index is 13.2. The van der Waals surface area contributed by atoms with Gasteiger partial charge in [0.25, 0.3) is 10.0 Å². The highest BCUT2D eigenvalue weighted by Crippen LogP contribution is 2.31. The average Bonchev–Trinajstić information content (AvgIpc) is 3.51. The highest BCUT2D eigenvalue weighted by atomic mass is 35.5. The first kappa shape index (κ1) is 29.2. The third-order valence-corrected chi connectivity index (χ3v) is 11.6. The highest BCUT2D eigenvalue weighted by molar-refractivity contribution is 7.91. The second-order valence-electron chi connectivity index (χ2n) is 9.73. The number of benzene rings is 1. The molecular formula is C24H33ClN4O6S3. The SMILES string of the molecule is CCCCS(=O)(=O)NCC1CCCN1C(=O)CN1CCCC(NS(=O)(=O)c2cc3cc(Cl)ccc3s2)C1=O. The van der Waals surface area contributed by atoms with Gasteiger partial charge in [0, 0.05) is 35.4 Å². The van der Waals surface area contributed by atoms with Gasteiger partial charge in [-0.1, -0.05) is 24.9 Å². The predicted octanol–water partition coefficient (Wildman–Crippen LogP) is 2.53. The molecule has 2 aliphatic heterocycles. The molecule has 0 radical (unpaired) electrons. The fourth-order valence-electron chi connectivity index (χ4n) is 4.83. The number of fused-ring (bicyclic) bond motifs is 1. The minimum absolute atomic E-state index is 0.0546. The van der Waals surface area contributed by atoms with Gasteiger partial charge >= 0.3 is 0 Å². The zero-order valence-electron chi connectivity index (χ0n) is 21.2. The monoisotopic (exact) mass is 604 g/mol. The lowest BCUT2D eigenvalue weighted by atomic mass is 10.1. The van der Waals surface area contributed by atoms with Crippen LogP contribution in [0.1, 0.15) is 45.4 Å². The molecule has 2 amide bonds. The van der Waals surface area contributed by atoms with Crippen molar-refractivity contribution in [2.75, 3.05) is 31.9 Å². The number of carbonyl (C=O) groups is 2. The van der Waals surface area contributed by atoms with Crippen LogP contribution in [-0.4, -0.2) is 82.5 Å². The highest BCUT2D eigenvalue weighted by Gasteiger charge is 2.36. The smallest absolute Gasteiger partial charge is 0.250 e. The summed E-state index contributed by atoms with van der Waals surface area (Å²) in [7, 11) is -7.35. The van der Waals surface area contributed by atoms with Crippen molar-refractivity contribution in [3.05, 3.63) is 29.3 Å². The normalized spacial score (nSPS) is 20.9. The fourth-order valence-corrected chi connectivity index (χ4v) is 8.89. The average molecular weight is 605 g/mol. The molecular weight excluding hydrogens is 572 g/mol. The second kappa shape index (κ2) is 12.2. The van der Waals surface area contributed by atoms with Gasteiger partial charge in [-0.15, -0.1) is 11.3 Å². The summed E-state index contributed by atoms with van der Waals surface area (Å²) in [5, 5.41) is 1.21. The van der Waals surface area contributed by atoms with Crippen LogP contribution in [0, 0.1) is 0 Å². The zero-order chi connectivity index (χ0) is 27.5. The maximum Gasteiger partial charge on any atom is 0.250 e. The van der Waals surface area contributed by atoms with E-state index in [0.29, 0.717) is 49.2 Å². The molecule has 0 saturated carbocycles. The Hall–Kier alpha value is -1.77. The molecule has 2 atom stereocenters. The van der Waals surface area contributed by atoms with Crippen LogP contribution >= 0.6 is 22.9 Å². The van der Waals surface area contributed by atoms with E-state index in [4.69, 9.17) is 11.6 Å². The number of sulfonamides is 2. The first-order valence-corrected chi connectivity index (χ1v) is 17.1. The number of likely N-dealkylation sites (tertiary alicyclic amines) is 2. The molecule has 14 heteroatoms. The summed E-state index contributed by atoms with van der Waals surface area (Å²) >= 11 is 7.11. The Kier molecular flexibility index (Phi) is 9.36. The van der Waals surface area contributed by atoms with Crippen molar-refractivity contribution >= 4 is 64.9 Å². The van der Waals surface area contributed by atoms with Gasteiger partial charge in [-0.2, -0.15) is 4.72 Å². The number of carbonyl (C=O) groups excluding carboxylic acids is 2. The second-order valence-corrected chi connectivity index (χ2v) is 15.1. The van der Waals surface area contributed by atoms with Crippen molar-refractivity contribution in [3.63, 3.8) is 0 Å². The molecule has 2 aliphatic rings. The topological polar surface area (TPSA) is 133 Å². The van der Waals surface area contributed by atoms with Crippen molar-refractivity contribution in [1.29, 1.82) is 0 Å². The van der Waals surface area contributed by atoms with E-state index in [9.17, 15) is 26.4 Å². The van der Waals surface area contributed by atoms with Crippen molar-refractivity contribution in [2.24, 2.45) is 0 Å². The van der Waals surface area contributed by atoms with Gasteiger partial charge in [0.2, 0.25) is 21.8 Å². The molecule has 2 aromatic rings. The summed E-state index contributed by atoms with van der Waals surface area (Å²) in [6.07, 6.45) is 3.67. The van der Waals surface area contributed by atoms with Crippen molar-refractivity contribution < 1.29 is 26.4 Å². The maximum atomic E-state index is 13.2. The Morgan fingerprint density at radius 2 is 1.89 bits per heavy atom. The molecule has 2 N–H and O–H groups in total. The molecule has 1 aromatic carbocycles. The number of rotatable bonds is 11. The van der Waals surface area contributed by atoms with Gasteiger partial charge in [0.1, 0.15) is 10.3 Å². The summed E-state index contributed by atoms with van der Waals surface area (Å²) in [4.78, 5) is 29.3. The van der Waals surface area contributed by atoms with Crippen LogP contribution < -0.4 is 9.44 Å². The summed E-state index contributed by atoms with van der Waals surface area (Å²) in [6, 6.07) is 5.43. The Labute approximate surface area is 232 Å². The molecule has 38 heavy (non-hydrogen) atoms. The van der Waals surface area contributed by atoms with E-state index in [1.165, 1.54) is 11.0 Å². The van der Waals surface area contributed by atoms with E-state index in [2.05, 4.69) is 9.44 Å². The van der Waals surface area contributed by atoms with E-state index >= 15 is 0 Å². The third-order valence-electron chi connectivity index (χ3n) is 6.88. The minimum Gasteiger partial charge on any atom is -0.337 e. The van der Waals surface area contributed by atoms with Crippen LogP contribution in [0.5, 0.6) is 0 Å². The van der Waals surface area contributed by atoms with Crippen LogP contribution in [-0.2, 0) is 29.6 Å². The van der Waals surface area contributed by atoms with Crippen LogP contribution in [0.15, 0.2) is 28.5 Å².